The Morgan fingerprint density at radius 1 is 1.35 bits per heavy atom. The Morgan fingerprint density at radius 3 is 2.58 bits per heavy atom. The summed E-state index contributed by atoms with van der Waals surface area (Å²) in [5.74, 6) is -2.03. The van der Waals surface area contributed by atoms with E-state index >= 15 is 0 Å². The number of methoxy groups -OCH3 is 1. The molecular formula is C18H22F3NO4. The second-order valence-electron chi connectivity index (χ2n) is 6.58. The van der Waals surface area contributed by atoms with E-state index in [1.807, 2.05) is 0 Å². The number of carbonyl (C=O) groups is 2. The van der Waals surface area contributed by atoms with Crippen molar-refractivity contribution in [1.29, 1.82) is 0 Å². The van der Waals surface area contributed by atoms with Gasteiger partial charge in [-0.15, -0.1) is 0 Å². The number of hydrogen-bond donors (Lipinski definition) is 1. The number of benzene rings is 1. The Bertz CT molecular complexity index is 662. The maximum Gasteiger partial charge on any atom is 0.416 e. The molecule has 0 aliphatic carbocycles. The number of ether oxygens (including phenoxy) is 1. The van der Waals surface area contributed by atoms with Gasteiger partial charge in [-0.25, -0.2) is 0 Å². The van der Waals surface area contributed by atoms with Crippen LogP contribution in [0, 0.1) is 0 Å². The van der Waals surface area contributed by atoms with Gasteiger partial charge in [0.2, 0.25) is 5.91 Å². The minimum Gasteiger partial charge on any atom is -0.481 e. The minimum absolute atomic E-state index is 0.0608. The highest BCUT2D eigenvalue weighted by Gasteiger charge is 2.38. The molecule has 1 heterocycles. The monoisotopic (exact) mass is 373 g/mol. The Morgan fingerprint density at radius 2 is 2.00 bits per heavy atom. The van der Waals surface area contributed by atoms with Gasteiger partial charge in [0.25, 0.3) is 0 Å². The van der Waals surface area contributed by atoms with Crippen molar-refractivity contribution in [2.24, 2.45) is 0 Å². The maximum atomic E-state index is 13.2. The maximum absolute atomic E-state index is 13.2. The van der Waals surface area contributed by atoms with Crippen molar-refractivity contribution in [3.8, 4) is 0 Å². The van der Waals surface area contributed by atoms with Gasteiger partial charge in [-0.1, -0.05) is 25.1 Å². The van der Waals surface area contributed by atoms with Gasteiger partial charge < -0.3 is 14.7 Å². The van der Waals surface area contributed by atoms with E-state index in [-0.39, 0.29) is 37.0 Å². The van der Waals surface area contributed by atoms with E-state index < -0.39 is 29.7 Å². The van der Waals surface area contributed by atoms with Crippen LogP contribution in [0.2, 0.25) is 0 Å². The molecule has 5 nitrogen and oxygen atoms in total. The van der Waals surface area contributed by atoms with Crippen molar-refractivity contribution in [3.63, 3.8) is 0 Å². The molecule has 3 unspecified atom stereocenters. The van der Waals surface area contributed by atoms with Crippen LogP contribution in [0.4, 0.5) is 13.2 Å². The number of amides is 1. The summed E-state index contributed by atoms with van der Waals surface area (Å²) in [6.45, 7) is 1.82. The lowest BCUT2D eigenvalue weighted by atomic mass is 9.92. The molecule has 1 saturated heterocycles. The zero-order chi connectivity index (χ0) is 19.5. The van der Waals surface area contributed by atoms with Crippen molar-refractivity contribution in [2.45, 2.75) is 50.4 Å². The number of alkyl halides is 3. The first-order valence-electron chi connectivity index (χ1n) is 8.33. The Labute approximate surface area is 149 Å². The first-order valence-corrected chi connectivity index (χ1v) is 8.33. The van der Waals surface area contributed by atoms with Gasteiger partial charge in [-0.05, 0) is 24.0 Å². The largest absolute Gasteiger partial charge is 0.481 e. The predicted octanol–water partition coefficient (Wildman–Crippen LogP) is 3.29. The lowest BCUT2D eigenvalue weighted by Gasteiger charge is -2.25. The molecule has 0 spiro atoms. The molecule has 144 valence electrons. The second kappa shape index (κ2) is 8.07. The third kappa shape index (κ3) is 4.75. The summed E-state index contributed by atoms with van der Waals surface area (Å²) in [7, 11) is 1.48. The normalized spacial score (nSPS) is 21.7. The number of aliphatic carboxylic acids is 1. The quantitative estimate of drug-likeness (QED) is 0.831. The fraction of sp³-hybridized carbons (Fsp3) is 0.556. The van der Waals surface area contributed by atoms with Crippen molar-refractivity contribution in [1.82, 2.24) is 4.90 Å². The number of carboxylic acid groups (broad SMARTS) is 1. The fourth-order valence-electron chi connectivity index (χ4n) is 3.42. The molecule has 1 aliphatic heterocycles. The topological polar surface area (TPSA) is 66.8 Å². The minimum atomic E-state index is -4.49. The lowest BCUT2D eigenvalue weighted by molar-refractivity contribution is -0.141. The van der Waals surface area contributed by atoms with Crippen LogP contribution < -0.4 is 0 Å². The summed E-state index contributed by atoms with van der Waals surface area (Å²) >= 11 is 0. The number of halogens is 3. The summed E-state index contributed by atoms with van der Waals surface area (Å²) in [6.07, 6.45) is -4.68. The molecule has 1 amide bonds. The van der Waals surface area contributed by atoms with Crippen molar-refractivity contribution in [3.05, 3.63) is 35.4 Å². The van der Waals surface area contributed by atoms with E-state index in [0.717, 1.165) is 6.07 Å². The van der Waals surface area contributed by atoms with Gasteiger partial charge in [0.15, 0.2) is 0 Å². The third-order valence-corrected chi connectivity index (χ3v) is 4.72. The van der Waals surface area contributed by atoms with E-state index in [2.05, 4.69) is 0 Å². The Balaban J connectivity index is 2.15. The van der Waals surface area contributed by atoms with Crippen LogP contribution in [-0.4, -0.2) is 47.7 Å². The SMILES string of the molecule is COC1CC(CC(=O)O)N(C(=O)CC(C)c2ccccc2C(F)(F)F)C1. The number of carbonyl (C=O) groups excluding carboxylic acids is 1. The average molecular weight is 373 g/mol. The van der Waals surface area contributed by atoms with Crippen molar-refractivity contribution < 1.29 is 32.6 Å². The van der Waals surface area contributed by atoms with Gasteiger partial charge in [-0.2, -0.15) is 13.2 Å². The summed E-state index contributed by atoms with van der Waals surface area (Å²) in [6, 6.07) is 4.69. The number of hydrogen-bond acceptors (Lipinski definition) is 3. The van der Waals surface area contributed by atoms with Crippen molar-refractivity contribution in [2.75, 3.05) is 13.7 Å². The Hall–Kier alpha value is -2.09. The fourth-order valence-corrected chi connectivity index (χ4v) is 3.42. The highest BCUT2D eigenvalue weighted by Crippen LogP contribution is 2.36. The van der Waals surface area contributed by atoms with Crippen LogP contribution in [-0.2, 0) is 20.5 Å². The first kappa shape index (κ1) is 20.2. The summed E-state index contributed by atoms with van der Waals surface area (Å²) < 4.78 is 44.7. The van der Waals surface area contributed by atoms with E-state index in [9.17, 15) is 22.8 Å². The van der Waals surface area contributed by atoms with Gasteiger partial charge in [-0.3, -0.25) is 9.59 Å². The average Bonchev–Trinajstić information content (AvgIpc) is 2.96. The summed E-state index contributed by atoms with van der Waals surface area (Å²) in [5, 5.41) is 9.01. The smallest absolute Gasteiger partial charge is 0.416 e. The van der Waals surface area contributed by atoms with E-state index in [1.54, 1.807) is 6.92 Å². The molecule has 1 aromatic rings. The zero-order valence-corrected chi connectivity index (χ0v) is 14.6. The van der Waals surface area contributed by atoms with Crippen LogP contribution in [0.1, 0.15) is 43.2 Å². The molecule has 2 rings (SSSR count). The summed E-state index contributed by atoms with van der Waals surface area (Å²) in [4.78, 5) is 25.1. The van der Waals surface area contributed by atoms with Crippen molar-refractivity contribution >= 4 is 11.9 Å². The van der Waals surface area contributed by atoms with Crippen LogP contribution in [0.5, 0.6) is 0 Å². The van der Waals surface area contributed by atoms with Gasteiger partial charge >= 0.3 is 12.1 Å². The third-order valence-electron chi connectivity index (χ3n) is 4.72. The van der Waals surface area contributed by atoms with Crippen LogP contribution in [0.3, 0.4) is 0 Å². The molecule has 1 aliphatic rings. The molecule has 0 bridgehead atoms. The number of rotatable bonds is 6. The molecular weight excluding hydrogens is 351 g/mol. The number of likely N-dealkylation sites (tertiary alicyclic amines) is 1. The van der Waals surface area contributed by atoms with Gasteiger partial charge in [0.05, 0.1) is 18.1 Å². The van der Waals surface area contributed by atoms with E-state index in [1.165, 1.54) is 30.2 Å². The number of carboxylic acids is 1. The second-order valence-corrected chi connectivity index (χ2v) is 6.58. The molecule has 1 fully saturated rings. The van der Waals surface area contributed by atoms with Crippen LogP contribution >= 0.6 is 0 Å². The first-order chi connectivity index (χ1) is 12.1. The zero-order valence-electron chi connectivity index (χ0n) is 14.6. The highest BCUT2D eigenvalue weighted by molar-refractivity contribution is 5.79. The molecule has 0 saturated carbocycles. The van der Waals surface area contributed by atoms with E-state index in [0.29, 0.717) is 6.42 Å². The standard InChI is InChI=1S/C18H22F3NO4/c1-11(14-5-3-4-6-15(14)18(19,20)21)7-16(23)22-10-13(26-2)8-12(22)9-17(24)25/h3-6,11-13H,7-10H2,1-2H3,(H,24,25). The van der Waals surface area contributed by atoms with Gasteiger partial charge in [0.1, 0.15) is 0 Å². The van der Waals surface area contributed by atoms with Gasteiger partial charge in [0, 0.05) is 26.1 Å². The Kier molecular flexibility index (Phi) is 6.28. The van der Waals surface area contributed by atoms with E-state index in [4.69, 9.17) is 9.84 Å². The molecule has 0 radical (unpaired) electrons. The van der Waals surface area contributed by atoms with Crippen LogP contribution in [0.25, 0.3) is 0 Å². The molecule has 0 aromatic heterocycles. The molecule has 1 N–H and O–H groups in total. The molecule has 3 atom stereocenters. The summed E-state index contributed by atoms with van der Waals surface area (Å²) in [5.41, 5.74) is -0.691. The lowest BCUT2D eigenvalue weighted by Crippen LogP contribution is -2.37. The van der Waals surface area contributed by atoms with Crippen LogP contribution in [0.15, 0.2) is 24.3 Å². The predicted molar refractivity (Wildman–Crippen MR) is 87.6 cm³/mol. The molecule has 8 heteroatoms. The molecule has 26 heavy (non-hydrogen) atoms. The molecule has 1 aromatic carbocycles. The highest BCUT2D eigenvalue weighted by atomic mass is 19.4. The number of nitrogens with zero attached hydrogens (tertiary/aromatic N) is 1.